The first-order chi connectivity index (χ1) is 22.8. The van der Waals surface area contributed by atoms with Crippen LogP contribution in [-0.2, 0) is 0 Å². The molecule has 0 aliphatic heterocycles. The van der Waals surface area contributed by atoms with Crippen LogP contribution in [0.15, 0.2) is 146 Å². The molecule has 0 saturated carbocycles. The topological polar surface area (TPSA) is 51.6 Å². The van der Waals surface area contributed by atoms with Crippen LogP contribution in [-0.4, -0.2) is 19.9 Å². The number of thiazole rings is 1. The molecule has 9 aromatic rings. The minimum atomic E-state index is 0.648. The minimum Gasteiger partial charge on any atom is -0.236 e. The monoisotopic (exact) mass is 624 g/mol. The summed E-state index contributed by atoms with van der Waals surface area (Å²) in [6, 6.07) is 50.3. The van der Waals surface area contributed by atoms with E-state index >= 15 is 0 Å². The third-order valence-electron chi connectivity index (χ3n) is 8.18. The maximum Gasteiger partial charge on any atom is 0.164 e. The highest BCUT2D eigenvalue weighted by Crippen LogP contribution is 2.43. The van der Waals surface area contributed by atoms with Crippen LogP contribution in [0.5, 0.6) is 0 Å². The maximum absolute atomic E-state index is 5.11. The Morgan fingerprint density at radius 1 is 0.370 bits per heavy atom. The SMILES string of the molecule is c1ccc(-c2ccc(-c3nc(-c4ccccc4)nc(-c4cccc5sc6cc7sc(-c8ccccc8)nc7cc6c45)n3)cc2)cc1. The fourth-order valence-corrected chi connectivity index (χ4v) is 8.14. The van der Waals surface area contributed by atoms with Gasteiger partial charge in [0.05, 0.1) is 10.2 Å². The molecule has 0 spiro atoms. The Labute approximate surface area is 273 Å². The molecule has 6 aromatic carbocycles. The van der Waals surface area contributed by atoms with Gasteiger partial charge in [-0.25, -0.2) is 19.9 Å². The third kappa shape index (κ3) is 4.76. The van der Waals surface area contributed by atoms with E-state index in [0.29, 0.717) is 17.5 Å². The number of benzene rings is 6. The second kappa shape index (κ2) is 11.1. The van der Waals surface area contributed by atoms with E-state index in [4.69, 9.17) is 19.9 Å². The largest absolute Gasteiger partial charge is 0.236 e. The van der Waals surface area contributed by atoms with Gasteiger partial charge in [0.15, 0.2) is 17.5 Å². The van der Waals surface area contributed by atoms with Crippen LogP contribution in [0.1, 0.15) is 0 Å². The summed E-state index contributed by atoms with van der Waals surface area (Å²) in [6.07, 6.45) is 0. The molecule has 46 heavy (non-hydrogen) atoms. The van der Waals surface area contributed by atoms with Crippen LogP contribution in [0.2, 0.25) is 0 Å². The van der Waals surface area contributed by atoms with E-state index in [1.165, 1.54) is 25.0 Å². The number of hydrogen-bond donors (Lipinski definition) is 0. The van der Waals surface area contributed by atoms with Gasteiger partial charge in [0.1, 0.15) is 5.01 Å². The summed E-state index contributed by atoms with van der Waals surface area (Å²) >= 11 is 3.54. The number of fused-ring (bicyclic) bond motifs is 4. The van der Waals surface area contributed by atoms with Crippen molar-refractivity contribution in [3.05, 3.63) is 146 Å². The van der Waals surface area contributed by atoms with E-state index in [-0.39, 0.29) is 0 Å². The summed E-state index contributed by atoms with van der Waals surface area (Å²) < 4.78 is 3.61. The number of thiophene rings is 1. The summed E-state index contributed by atoms with van der Waals surface area (Å²) in [5.74, 6) is 1.96. The van der Waals surface area contributed by atoms with Gasteiger partial charge in [0.2, 0.25) is 0 Å². The Bertz CT molecular complexity index is 2500. The molecule has 0 atom stereocenters. The molecule has 0 aliphatic rings. The fraction of sp³-hybridized carbons (Fsp3) is 0. The number of rotatable bonds is 5. The zero-order valence-electron chi connectivity index (χ0n) is 24.5. The fourth-order valence-electron chi connectivity index (χ4n) is 5.92. The molecular formula is C40H24N4S2. The summed E-state index contributed by atoms with van der Waals surface area (Å²) in [4.78, 5) is 20.2. The van der Waals surface area contributed by atoms with Gasteiger partial charge in [0.25, 0.3) is 0 Å². The van der Waals surface area contributed by atoms with Gasteiger partial charge in [-0.1, -0.05) is 127 Å². The highest BCUT2D eigenvalue weighted by atomic mass is 32.1. The van der Waals surface area contributed by atoms with Crippen molar-refractivity contribution in [3.8, 4) is 55.9 Å². The van der Waals surface area contributed by atoms with E-state index < -0.39 is 0 Å². The van der Waals surface area contributed by atoms with Gasteiger partial charge in [0, 0.05) is 42.4 Å². The van der Waals surface area contributed by atoms with Crippen LogP contribution in [0.3, 0.4) is 0 Å². The van der Waals surface area contributed by atoms with Crippen molar-refractivity contribution in [3.63, 3.8) is 0 Å². The van der Waals surface area contributed by atoms with E-state index in [0.717, 1.165) is 43.7 Å². The van der Waals surface area contributed by atoms with Gasteiger partial charge >= 0.3 is 0 Å². The normalized spacial score (nSPS) is 11.5. The average molecular weight is 625 g/mol. The molecule has 0 saturated heterocycles. The summed E-state index contributed by atoms with van der Waals surface area (Å²) in [7, 11) is 0. The zero-order chi connectivity index (χ0) is 30.5. The Balaban J connectivity index is 1.22. The molecule has 3 heterocycles. The predicted molar refractivity (Wildman–Crippen MR) is 193 cm³/mol. The maximum atomic E-state index is 5.11. The second-order valence-electron chi connectivity index (χ2n) is 11.1. The smallest absolute Gasteiger partial charge is 0.164 e. The lowest BCUT2D eigenvalue weighted by Gasteiger charge is -2.10. The second-order valence-corrected chi connectivity index (χ2v) is 13.2. The molecule has 9 rings (SSSR count). The molecule has 0 aliphatic carbocycles. The van der Waals surface area contributed by atoms with E-state index in [2.05, 4.69) is 103 Å². The van der Waals surface area contributed by atoms with Crippen molar-refractivity contribution in [2.75, 3.05) is 0 Å². The van der Waals surface area contributed by atoms with Gasteiger partial charge in [-0.05, 0) is 29.3 Å². The summed E-state index contributed by atoms with van der Waals surface area (Å²) in [5, 5.41) is 3.35. The van der Waals surface area contributed by atoms with Gasteiger partial charge in [-0.2, -0.15) is 0 Å². The Morgan fingerprint density at radius 3 is 1.63 bits per heavy atom. The van der Waals surface area contributed by atoms with Crippen molar-refractivity contribution in [2.24, 2.45) is 0 Å². The van der Waals surface area contributed by atoms with Gasteiger partial charge in [-0.3, -0.25) is 0 Å². The Morgan fingerprint density at radius 2 is 0.935 bits per heavy atom. The molecule has 0 amide bonds. The standard InChI is InChI=1S/C40H24N4S2/c1-4-11-25(12-5-1)26-19-21-28(22-20-26)38-42-37(27-13-6-2-7-14-27)43-39(44-38)30-17-10-18-33-36(30)31-23-32-35(24-34(31)45-33)46-40(41-32)29-15-8-3-9-16-29/h1-24H. The molecule has 216 valence electrons. The average Bonchev–Trinajstić information content (AvgIpc) is 3.72. The van der Waals surface area contributed by atoms with Crippen molar-refractivity contribution in [1.29, 1.82) is 0 Å². The van der Waals surface area contributed by atoms with Crippen LogP contribution < -0.4 is 0 Å². The van der Waals surface area contributed by atoms with Crippen LogP contribution in [0, 0.1) is 0 Å². The van der Waals surface area contributed by atoms with Crippen LogP contribution in [0.25, 0.3) is 86.3 Å². The molecule has 0 unspecified atom stereocenters. The van der Waals surface area contributed by atoms with Crippen molar-refractivity contribution < 1.29 is 0 Å². The van der Waals surface area contributed by atoms with Gasteiger partial charge in [-0.15, -0.1) is 22.7 Å². The highest BCUT2D eigenvalue weighted by molar-refractivity contribution is 7.26. The highest BCUT2D eigenvalue weighted by Gasteiger charge is 2.18. The van der Waals surface area contributed by atoms with Crippen molar-refractivity contribution in [2.45, 2.75) is 0 Å². The first-order valence-electron chi connectivity index (χ1n) is 15.1. The quantitative estimate of drug-likeness (QED) is 0.191. The van der Waals surface area contributed by atoms with Gasteiger partial charge < -0.3 is 0 Å². The van der Waals surface area contributed by atoms with Crippen molar-refractivity contribution >= 4 is 53.1 Å². The summed E-state index contributed by atoms with van der Waals surface area (Å²) in [6.45, 7) is 0. The number of nitrogens with zero attached hydrogens (tertiary/aromatic N) is 4. The Hall–Kier alpha value is -5.56. The molecule has 0 bridgehead atoms. The van der Waals surface area contributed by atoms with Crippen LogP contribution >= 0.6 is 22.7 Å². The van der Waals surface area contributed by atoms with Crippen molar-refractivity contribution in [1.82, 2.24) is 19.9 Å². The number of hydrogen-bond acceptors (Lipinski definition) is 6. The van der Waals surface area contributed by atoms with Crippen LogP contribution in [0.4, 0.5) is 0 Å². The molecule has 0 radical (unpaired) electrons. The van der Waals surface area contributed by atoms with E-state index in [1.54, 1.807) is 22.7 Å². The first kappa shape index (κ1) is 26.8. The predicted octanol–water partition coefficient (Wildman–Crippen LogP) is 11.2. The first-order valence-corrected chi connectivity index (χ1v) is 16.7. The molecule has 0 N–H and O–H groups in total. The lowest BCUT2D eigenvalue weighted by atomic mass is 10.0. The minimum absolute atomic E-state index is 0.648. The summed E-state index contributed by atoms with van der Waals surface area (Å²) in [5.41, 5.74) is 7.36. The molecule has 6 heteroatoms. The van der Waals surface area contributed by atoms with E-state index in [1.807, 2.05) is 42.5 Å². The van der Waals surface area contributed by atoms with E-state index in [9.17, 15) is 0 Å². The lowest BCUT2D eigenvalue weighted by Crippen LogP contribution is -2.00. The molecule has 4 nitrogen and oxygen atoms in total. The Kier molecular flexibility index (Phi) is 6.47. The lowest BCUT2D eigenvalue weighted by molar-refractivity contribution is 1.08. The zero-order valence-corrected chi connectivity index (χ0v) is 26.1. The molecular weight excluding hydrogens is 601 g/mol. The molecule has 3 aromatic heterocycles. The molecule has 0 fully saturated rings. The number of aromatic nitrogens is 4. The third-order valence-corrected chi connectivity index (χ3v) is 10.4.